The van der Waals surface area contributed by atoms with Gasteiger partial charge >= 0.3 is 5.97 Å². The molecule has 0 aromatic heterocycles. The van der Waals surface area contributed by atoms with Crippen LogP contribution in [0.25, 0.3) is 0 Å². The maximum absolute atomic E-state index is 10.6. The molecule has 5 N–H and O–H groups in total. The summed E-state index contributed by atoms with van der Waals surface area (Å²) in [6.45, 7) is 0.608. The molecule has 0 spiro atoms. The smallest absolute Gasteiger partial charge is 0.332 e. The summed E-state index contributed by atoms with van der Waals surface area (Å²) < 4.78 is 4.81. The first-order chi connectivity index (χ1) is 9.50. The van der Waals surface area contributed by atoms with Crippen LogP contribution in [0.2, 0.25) is 0 Å². The van der Waals surface area contributed by atoms with Crippen LogP contribution in [0, 0.1) is 0 Å². The minimum Gasteiger partial charge on any atom is -0.479 e. The predicted octanol–water partition coefficient (Wildman–Crippen LogP) is 0.292. The summed E-state index contributed by atoms with van der Waals surface area (Å²) in [7, 11) is 0. The van der Waals surface area contributed by atoms with Gasteiger partial charge in [-0.15, -0.1) is 0 Å². The first-order valence-electron chi connectivity index (χ1n) is 6.44. The highest BCUT2D eigenvalue weighted by Gasteiger charge is 2.21. The molecule has 20 heavy (non-hydrogen) atoms. The van der Waals surface area contributed by atoms with Gasteiger partial charge in [0, 0.05) is 6.61 Å². The Hall–Kier alpha value is -1.92. The van der Waals surface area contributed by atoms with Crippen LogP contribution in [0.4, 0.5) is 0 Å². The summed E-state index contributed by atoms with van der Waals surface area (Å²) in [5.74, 6) is -1.29. The van der Waals surface area contributed by atoms with Crippen LogP contribution in [0.15, 0.2) is 30.3 Å². The van der Waals surface area contributed by atoms with E-state index in [2.05, 4.69) is 0 Å². The summed E-state index contributed by atoms with van der Waals surface area (Å²) in [5, 5.41) is 8.29. The number of carboxylic acid groups (broad SMARTS) is 1. The lowest BCUT2D eigenvalue weighted by atomic mass is 10.1. The molecule has 2 atom stereocenters. The second-order valence-corrected chi connectivity index (χ2v) is 4.54. The Morgan fingerprint density at radius 2 is 2.00 bits per heavy atom. The number of amides is 1. The first kappa shape index (κ1) is 16.1. The van der Waals surface area contributed by atoms with E-state index >= 15 is 0 Å². The number of primary amides is 1. The topological polar surface area (TPSA) is 116 Å². The number of carboxylic acids is 1. The normalized spacial score (nSPS) is 18.8. The van der Waals surface area contributed by atoms with Crippen LogP contribution in [-0.4, -0.2) is 35.7 Å². The van der Waals surface area contributed by atoms with Gasteiger partial charge in [-0.05, 0) is 24.8 Å². The van der Waals surface area contributed by atoms with Gasteiger partial charge in [0.15, 0.2) is 6.10 Å². The standard InChI is InChI=1S/C9H12N2O.C5H8O3/c10-8(9(11)12)6-7-4-2-1-3-5-7;6-5(7)4-2-1-3-8-4/h1-5,8H,6,10H2,(H2,11,12);4H,1-3H2,(H,6,7)/t8-;4-/m01/s1. The molecule has 2 rings (SSSR count). The second-order valence-electron chi connectivity index (χ2n) is 4.54. The van der Waals surface area contributed by atoms with E-state index in [4.69, 9.17) is 21.3 Å². The van der Waals surface area contributed by atoms with Gasteiger partial charge in [0.1, 0.15) is 0 Å². The lowest BCUT2D eigenvalue weighted by molar-refractivity contribution is -0.147. The minimum atomic E-state index is -0.831. The number of aliphatic carboxylic acids is 1. The van der Waals surface area contributed by atoms with E-state index in [9.17, 15) is 9.59 Å². The molecular weight excluding hydrogens is 260 g/mol. The Kier molecular flexibility index (Phi) is 6.69. The van der Waals surface area contributed by atoms with Gasteiger partial charge in [0.2, 0.25) is 5.91 Å². The van der Waals surface area contributed by atoms with Gasteiger partial charge in [-0.1, -0.05) is 30.3 Å². The maximum Gasteiger partial charge on any atom is 0.332 e. The van der Waals surface area contributed by atoms with Gasteiger partial charge in [0.25, 0.3) is 0 Å². The van der Waals surface area contributed by atoms with Crippen molar-refractivity contribution in [2.75, 3.05) is 6.61 Å². The lowest BCUT2D eigenvalue weighted by Crippen LogP contribution is -2.38. The molecule has 0 unspecified atom stereocenters. The fourth-order valence-corrected chi connectivity index (χ4v) is 1.74. The summed E-state index contributed by atoms with van der Waals surface area (Å²) >= 11 is 0. The molecular formula is C14H20N2O4. The molecule has 1 amide bonds. The third kappa shape index (κ3) is 5.81. The van der Waals surface area contributed by atoms with Gasteiger partial charge in [0.05, 0.1) is 6.04 Å². The van der Waals surface area contributed by atoms with Crippen molar-refractivity contribution in [3.8, 4) is 0 Å². The molecule has 1 aromatic carbocycles. The summed E-state index contributed by atoms with van der Waals surface area (Å²) in [4.78, 5) is 20.7. The van der Waals surface area contributed by atoms with Crippen LogP contribution in [-0.2, 0) is 20.7 Å². The van der Waals surface area contributed by atoms with Gasteiger partial charge in [-0.25, -0.2) is 4.79 Å². The molecule has 6 heteroatoms. The van der Waals surface area contributed by atoms with Crippen molar-refractivity contribution in [1.82, 2.24) is 0 Å². The number of carbonyl (C=O) groups excluding carboxylic acids is 1. The van der Waals surface area contributed by atoms with E-state index in [1.807, 2.05) is 30.3 Å². The van der Waals surface area contributed by atoms with E-state index in [0.717, 1.165) is 12.0 Å². The molecule has 0 saturated carbocycles. The average molecular weight is 280 g/mol. The number of hydrogen-bond donors (Lipinski definition) is 3. The highest BCUT2D eigenvalue weighted by molar-refractivity contribution is 5.79. The van der Waals surface area contributed by atoms with E-state index in [-0.39, 0.29) is 0 Å². The summed E-state index contributed by atoms with van der Waals surface area (Å²) in [5.41, 5.74) is 11.5. The van der Waals surface area contributed by atoms with Crippen molar-refractivity contribution in [1.29, 1.82) is 0 Å². The Balaban J connectivity index is 0.000000217. The molecule has 0 radical (unpaired) electrons. The number of hydrogen-bond acceptors (Lipinski definition) is 4. The van der Waals surface area contributed by atoms with Crippen molar-refractivity contribution >= 4 is 11.9 Å². The number of nitrogens with two attached hydrogens (primary N) is 2. The van der Waals surface area contributed by atoms with E-state index in [1.54, 1.807) is 0 Å². The monoisotopic (exact) mass is 280 g/mol. The van der Waals surface area contributed by atoms with Crippen LogP contribution in [0.5, 0.6) is 0 Å². The van der Waals surface area contributed by atoms with E-state index < -0.39 is 24.0 Å². The largest absolute Gasteiger partial charge is 0.479 e. The summed E-state index contributed by atoms with van der Waals surface area (Å²) in [6, 6.07) is 8.99. The number of ether oxygens (including phenoxy) is 1. The van der Waals surface area contributed by atoms with E-state index in [0.29, 0.717) is 19.4 Å². The van der Waals surface area contributed by atoms with Crippen molar-refractivity contribution in [2.45, 2.75) is 31.4 Å². The molecule has 1 fully saturated rings. The minimum absolute atomic E-state index is 0.459. The fourth-order valence-electron chi connectivity index (χ4n) is 1.74. The molecule has 1 aliphatic rings. The third-order valence-corrected chi connectivity index (χ3v) is 2.87. The van der Waals surface area contributed by atoms with Crippen molar-refractivity contribution in [3.63, 3.8) is 0 Å². The first-order valence-corrected chi connectivity index (χ1v) is 6.44. The third-order valence-electron chi connectivity index (χ3n) is 2.87. The zero-order chi connectivity index (χ0) is 15.0. The molecule has 1 heterocycles. The molecule has 110 valence electrons. The molecule has 1 saturated heterocycles. The highest BCUT2D eigenvalue weighted by atomic mass is 16.5. The Morgan fingerprint density at radius 3 is 2.40 bits per heavy atom. The van der Waals surface area contributed by atoms with Crippen molar-refractivity contribution < 1.29 is 19.4 Å². The predicted molar refractivity (Wildman–Crippen MR) is 73.9 cm³/mol. The van der Waals surface area contributed by atoms with Crippen molar-refractivity contribution in [3.05, 3.63) is 35.9 Å². The van der Waals surface area contributed by atoms with Crippen LogP contribution < -0.4 is 11.5 Å². The Bertz CT molecular complexity index is 430. The van der Waals surface area contributed by atoms with Crippen molar-refractivity contribution in [2.24, 2.45) is 11.5 Å². The van der Waals surface area contributed by atoms with Crippen LogP contribution >= 0.6 is 0 Å². The quantitative estimate of drug-likeness (QED) is 0.733. The highest BCUT2D eigenvalue weighted by Crippen LogP contribution is 2.10. The van der Waals surface area contributed by atoms with Crippen LogP contribution in [0.3, 0.4) is 0 Å². The Morgan fingerprint density at radius 1 is 1.35 bits per heavy atom. The van der Waals surface area contributed by atoms with Crippen LogP contribution in [0.1, 0.15) is 18.4 Å². The zero-order valence-corrected chi connectivity index (χ0v) is 11.2. The molecule has 0 bridgehead atoms. The maximum atomic E-state index is 10.6. The number of benzene rings is 1. The van der Waals surface area contributed by atoms with Gasteiger partial charge in [-0.2, -0.15) is 0 Å². The summed E-state index contributed by atoms with van der Waals surface area (Å²) in [6.07, 6.45) is 1.55. The number of carbonyl (C=O) groups is 2. The fraction of sp³-hybridized carbons (Fsp3) is 0.429. The average Bonchev–Trinajstić information content (AvgIpc) is 2.94. The molecule has 1 aliphatic heterocycles. The van der Waals surface area contributed by atoms with Gasteiger partial charge in [-0.3, -0.25) is 4.79 Å². The molecule has 6 nitrogen and oxygen atoms in total. The Labute approximate surface area is 117 Å². The van der Waals surface area contributed by atoms with E-state index in [1.165, 1.54) is 0 Å². The number of rotatable bonds is 4. The molecule has 0 aliphatic carbocycles. The molecule has 1 aromatic rings. The SMILES string of the molecule is NC(=O)[C@@H](N)Cc1ccccc1.O=C(O)[C@H]1CCCO1. The lowest BCUT2D eigenvalue weighted by Gasteiger charge is -2.06. The van der Waals surface area contributed by atoms with Gasteiger partial charge < -0.3 is 21.3 Å². The zero-order valence-electron chi connectivity index (χ0n) is 11.2. The second kappa shape index (κ2) is 8.29.